The van der Waals surface area contributed by atoms with Gasteiger partial charge in [0.1, 0.15) is 0 Å². The van der Waals surface area contributed by atoms with Gasteiger partial charge in [0.25, 0.3) is 0 Å². The lowest BCUT2D eigenvalue weighted by molar-refractivity contribution is -0.137. The van der Waals surface area contributed by atoms with Crippen LogP contribution in [0, 0.1) is 0 Å². The summed E-state index contributed by atoms with van der Waals surface area (Å²) in [5, 5.41) is 8.58. The van der Waals surface area contributed by atoms with E-state index in [2.05, 4.69) is 15.6 Å². The Bertz CT molecular complexity index is 942. The molecule has 0 saturated carbocycles. The number of benzene rings is 2. The molecule has 9 heteroatoms. The fraction of sp³-hybridized carbons (Fsp3) is 0.111. The van der Waals surface area contributed by atoms with Gasteiger partial charge in [-0.2, -0.15) is 13.2 Å². The molecule has 0 radical (unpaired) electrons. The van der Waals surface area contributed by atoms with Crippen molar-refractivity contribution in [3.8, 4) is 0 Å². The van der Waals surface area contributed by atoms with Gasteiger partial charge < -0.3 is 10.6 Å². The van der Waals surface area contributed by atoms with Crippen molar-refractivity contribution in [2.75, 3.05) is 10.6 Å². The minimum Gasteiger partial charge on any atom is -0.331 e. The Kier molecular flexibility index (Phi) is 5.67. The van der Waals surface area contributed by atoms with Crippen LogP contribution in [-0.4, -0.2) is 10.9 Å². The number of amides is 1. The number of nitrogens with zero attached hydrogens (tertiary/aromatic N) is 1. The lowest BCUT2D eigenvalue weighted by atomic mass is 10.2. The van der Waals surface area contributed by atoms with Crippen molar-refractivity contribution in [1.82, 2.24) is 4.98 Å². The average molecular weight is 412 g/mol. The van der Waals surface area contributed by atoms with Crippen LogP contribution in [0.1, 0.15) is 11.3 Å². The molecular weight excluding hydrogens is 399 g/mol. The molecule has 0 unspecified atom stereocenters. The largest absolute Gasteiger partial charge is 0.416 e. The van der Waals surface area contributed by atoms with Crippen LogP contribution in [0.3, 0.4) is 0 Å². The van der Waals surface area contributed by atoms with Gasteiger partial charge in [0, 0.05) is 21.8 Å². The average Bonchev–Trinajstić information content (AvgIpc) is 3.01. The fourth-order valence-corrected chi connectivity index (χ4v) is 3.17. The van der Waals surface area contributed by atoms with Crippen LogP contribution in [0.25, 0.3) is 0 Å². The first-order valence-electron chi connectivity index (χ1n) is 7.74. The number of aromatic nitrogens is 1. The molecule has 4 nitrogen and oxygen atoms in total. The van der Waals surface area contributed by atoms with Crippen molar-refractivity contribution in [3.63, 3.8) is 0 Å². The molecule has 1 amide bonds. The molecule has 0 spiro atoms. The van der Waals surface area contributed by atoms with Crippen molar-refractivity contribution in [2.24, 2.45) is 0 Å². The summed E-state index contributed by atoms with van der Waals surface area (Å²) in [6, 6.07) is 11.4. The molecule has 0 atom stereocenters. The first-order chi connectivity index (χ1) is 12.8. The van der Waals surface area contributed by atoms with Crippen LogP contribution in [0.4, 0.5) is 29.7 Å². The van der Waals surface area contributed by atoms with E-state index in [-0.39, 0.29) is 12.3 Å². The van der Waals surface area contributed by atoms with Crippen molar-refractivity contribution in [3.05, 3.63) is 70.2 Å². The Hall–Kier alpha value is -2.58. The smallest absolute Gasteiger partial charge is 0.331 e. The van der Waals surface area contributed by atoms with Gasteiger partial charge in [-0.1, -0.05) is 17.7 Å². The molecule has 0 fully saturated rings. The topological polar surface area (TPSA) is 54.0 Å². The lowest BCUT2D eigenvalue weighted by Crippen LogP contribution is -2.15. The van der Waals surface area contributed by atoms with Crippen molar-refractivity contribution in [1.29, 1.82) is 0 Å². The highest BCUT2D eigenvalue weighted by Crippen LogP contribution is 2.30. The molecule has 0 saturated heterocycles. The normalized spacial score (nSPS) is 11.3. The molecule has 0 aliphatic carbocycles. The SMILES string of the molecule is O=C(Cc1csc(Nc2cccc(Cl)c2)n1)Nc1ccc(C(F)(F)F)cc1. The number of nitrogens with one attached hydrogen (secondary N) is 2. The van der Waals surface area contributed by atoms with Crippen molar-refractivity contribution < 1.29 is 18.0 Å². The number of hydrogen-bond acceptors (Lipinski definition) is 4. The molecular formula is C18H13ClF3N3OS. The maximum Gasteiger partial charge on any atom is 0.416 e. The molecule has 0 bridgehead atoms. The van der Waals surface area contributed by atoms with Crippen LogP contribution in [-0.2, 0) is 17.4 Å². The van der Waals surface area contributed by atoms with E-state index in [4.69, 9.17) is 11.6 Å². The van der Waals surface area contributed by atoms with Gasteiger partial charge >= 0.3 is 6.18 Å². The number of thiazole rings is 1. The zero-order chi connectivity index (χ0) is 19.4. The van der Waals surface area contributed by atoms with Gasteiger partial charge in [0.05, 0.1) is 17.7 Å². The summed E-state index contributed by atoms with van der Waals surface area (Å²) in [6.07, 6.45) is -4.40. The predicted octanol–water partition coefficient (Wildman–Crippen LogP) is 5.74. The predicted molar refractivity (Wildman–Crippen MR) is 101 cm³/mol. The van der Waals surface area contributed by atoms with Crippen LogP contribution in [0.5, 0.6) is 0 Å². The number of carbonyl (C=O) groups excluding carboxylic acids is 1. The van der Waals surface area contributed by atoms with Crippen molar-refractivity contribution in [2.45, 2.75) is 12.6 Å². The summed E-state index contributed by atoms with van der Waals surface area (Å²) in [5.41, 5.74) is 0.851. The van der Waals surface area contributed by atoms with Gasteiger partial charge in [-0.25, -0.2) is 4.98 Å². The van der Waals surface area contributed by atoms with E-state index in [9.17, 15) is 18.0 Å². The number of alkyl halides is 3. The number of carbonyl (C=O) groups is 1. The van der Waals surface area contributed by atoms with E-state index < -0.39 is 11.7 Å². The monoisotopic (exact) mass is 411 g/mol. The van der Waals surface area contributed by atoms with E-state index in [0.29, 0.717) is 21.5 Å². The molecule has 2 N–H and O–H groups in total. The molecule has 1 heterocycles. The Morgan fingerprint density at radius 2 is 1.85 bits per heavy atom. The molecule has 3 aromatic rings. The summed E-state index contributed by atoms with van der Waals surface area (Å²) in [5.74, 6) is -0.366. The minimum absolute atomic E-state index is 0.00868. The Morgan fingerprint density at radius 1 is 1.11 bits per heavy atom. The summed E-state index contributed by atoms with van der Waals surface area (Å²) in [6.45, 7) is 0. The second-order valence-electron chi connectivity index (χ2n) is 5.58. The first-order valence-corrected chi connectivity index (χ1v) is 8.99. The van der Waals surface area contributed by atoms with Crippen LogP contribution in [0.2, 0.25) is 5.02 Å². The Balaban J connectivity index is 1.57. The van der Waals surface area contributed by atoms with Crippen LogP contribution in [0.15, 0.2) is 53.9 Å². The molecule has 27 heavy (non-hydrogen) atoms. The highest BCUT2D eigenvalue weighted by Gasteiger charge is 2.29. The maximum absolute atomic E-state index is 12.5. The van der Waals surface area contributed by atoms with Gasteiger partial charge in [0.15, 0.2) is 5.13 Å². The maximum atomic E-state index is 12.5. The summed E-state index contributed by atoms with van der Waals surface area (Å²) >= 11 is 7.26. The zero-order valence-electron chi connectivity index (χ0n) is 13.7. The molecule has 0 aliphatic heterocycles. The van der Waals surface area contributed by atoms with E-state index in [1.807, 2.05) is 6.07 Å². The third-order valence-electron chi connectivity index (χ3n) is 3.47. The first kappa shape index (κ1) is 19.2. The second-order valence-corrected chi connectivity index (χ2v) is 6.87. The highest BCUT2D eigenvalue weighted by molar-refractivity contribution is 7.13. The fourth-order valence-electron chi connectivity index (χ4n) is 2.25. The lowest BCUT2D eigenvalue weighted by Gasteiger charge is -2.08. The van der Waals surface area contributed by atoms with E-state index in [1.165, 1.54) is 23.5 Å². The number of hydrogen-bond donors (Lipinski definition) is 2. The Labute approximate surface area is 162 Å². The van der Waals surface area contributed by atoms with Gasteiger partial charge in [-0.15, -0.1) is 11.3 Å². The third-order valence-corrected chi connectivity index (χ3v) is 4.51. The Morgan fingerprint density at radius 3 is 2.52 bits per heavy atom. The minimum atomic E-state index is -4.41. The number of rotatable bonds is 5. The molecule has 140 valence electrons. The number of halogens is 4. The van der Waals surface area contributed by atoms with Gasteiger partial charge in [-0.3, -0.25) is 4.79 Å². The summed E-state index contributed by atoms with van der Waals surface area (Å²) in [4.78, 5) is 16.4. The second kappa shape index (κ2) is 7.98. The third kappa shape index (κ3) is 5.45. The highest BCUT2D eigenvalue weighted by atomic mass is 35.5. The van der Waals surface area contributed by atoms with Crippen LogP contribution >= 0.6 is 22.9 Å². The zero-order valence-corrected chi connectivity index (χ0v) is 15.3. The quantitative estimate of drug-likeness (QED) is 0.563. The van der Waals surface area contributed by atoms with E-state index in [0.717, 1.165) is 17.8 Å². The summed E-state index contributed by atoms with van der Waals surface area (Å²) in [7, 11) is 0. The van der Waals surface area contributed by atoms with E-state index in [1.54, 1.807) is 23.6 Å². The molecule has 2 aromatic carbocycles. The molecule has 1 aromatic heterocycles. The van der Waals surface area contributed by atoms with Gasteiger partial charge in [0.2, 0.25) is 5.91 Å². The van der Waals surface area contributed by atoms with E-state index >= 15 is 0 Å². The van der Waals surface area contributed by atoms with Crippen molar-refractivity contribution >= 4 is 45.4 Å². The number of anilines is 3. The molecule has 3 rings (SSSR count). The summed E-state index contributed by atoms with van der Waals surface area (Å²) < 4.78 is 37.6. The van der Waals surface area contributed by atoms with Gasteiger partial charge in [-0.05, 0) is 42.5 Å². The standard InChI is InChI=1S/C18H13ClF3N3OS/c19-12-2-1-3-14(8-12)24-17-25-15(10-27-17)9-16(26)23-13-6-4-11(5-7-13)18(20,21)22/h1-8,10H,9H2,(H,23,26)(H,24,25). The molecule has 0 aliphatic rings. The van der Waals surface area contributed by atoms with Crippen LogP contribution < -0.4 is 10.6 Å².